The summed E-state index contributed by atoms with van der Waals surface area (Å²) >= 11 is 6.75. The zero-order chi connectivity index (χ0) is 26.3. The van der Waals surface area contributed by atoms with Crippen molar-refractivity contribution in [2.75, 3.05) is 25.1 Å². The van der Waals surface area contributed by atoms with Crippen LogP contribution in [0.2, 0.25) is 0 Å². The van der Waals surface area contributed by atoms with E-state index in [9.17, 15) is 9.59 Å². The van der Waals surface area contributed by atoms with E-state index in [1.54, 1.807) is 24.3 Å². The predicted octanol–water partition coefficient (Wildman–Crippen LogP) is 4.03. The summed E-state index contributed by atoms with van der Waals surface area (Å²) < 4.78 is 13.1. The maximum absolute atomic E-state index is 13.8. The van der Waals surface area contributed by atoms with Gasteiger partial charge in [-0.15, -0.1) is 0 Å². The molecule has 5 rings (SSSR count). The van der Waals surface area contributed by atoms with Gasteiger partial charge in [0.2, 0.25) is 0 Å². The molecule has 0 spiro atoms. The molecule has 2 unspecified atom stereocenters. The van der Waals surface area contributed by atoms with E-state index in [1.807, 2.05) is 57.2 Å². The molecule has 10 heteroatoms. The van der Waals surface area contributed by atoms with Crippen LogP contribution in [0, 0.1) is 6.92 Å². The maximum atomic E-state index is 13.8. The number of fused-ring (bicyclic) bond motifs is 1. The van der Waals surface area contributed by atoms with Gasteiger partial charge in [0.1, 0.15) is 21.5 Å². The fraction of sp³-hybridized carbons (Fsp3) is 0.333. The zero-order valence-electron chi connectivity index (χ0n) is 21.1. The summed E-state index contributed by atoms with van der Waals surface area (Å²) in [6, 6.07) is 11.3. The molecule has 3 aromatic rings. The molecule has 37 heavy (non-hydrogen) atoms. The first-order valence-electron chi connectivity index (χ1n) is 12.1. The third kappa shape index (κ3) is 5.01. The van der Waals surface area contributed by atoms with E-state index < -0.39 is 0 Å². The molecule has 0 aliphatic carbocycles. The summed E-state index contributed by atoms with van der Waals surface area (Å²) in [6.07, 6.45) is 3.32. The summed E-state index contributed by atoms with van der Waals surface area (Å²) in [5.74, 6) is 1.07. The van der Waals surface area contributed by atoms with Gasteiger partial charge in [0.05, 0.1) is 36.3 Å². The Morgan fingerprint density at radius 3 is 2.54 bits per heavy atom. The third-order valence-electron chi connectivity index (χ3n) is 6.43. The number of nitrogens with zero attached hydrogens (tertiary/aromatic N) is 4. The van der Waals surface area contributed by atoms with Crippen LogP contribution in [0.4, 0.5) is 5.82 Å². The number of hydrogen-bond acceptors (Lipinski definition) is 8. The minimum Gasteiger partial charge on any atom is -0.497 e. The lowest BCUT2D eigenvalue weighted by Gasteiger charge is -2.36. The Labute approximate surface area is 224 Å². The molecule has 2 fully saturated rings. The van der Waals surface area contributed by atoms with Gasteiger partial charge < -0.3 is 14.4 Å². The number of carbonyl (C=O) groups excluding carboxylic acids is 1. The average Bonchev–Trinajstić information content (AvgIpc) is 3.13. The quantitative estimate of drug-likeness (QED) is 0.358. The molecule has 2 atom stereocenters. The van der Waals surface area contributed by atoms with Crippen molar-refractivity contribution in [1.29, 1.82) is 0 Å². The lowest BCUT2D eigenvalue weighted by atomic mass is 10.1. The normalized spacial score (nSPS) is 21.4. The van der Waals surface area contributed by atoms with Gasteiger partial charge in [-0.1, -0.05) is 42.2 Å². The molecule has 4 heterocycles. The second-order valence-electron chi connectivity index (χ2n) is 9.32. The van der Waals surface area contributed by atoms with Crippen LogP contribution in [0.1, 0.15) is 30.5 Å². The van der Waals surface area contributed by atoms with Gasteiger partial charge in [0.25, 0.3) is 11.5 Å². The molecule has 2 saturated heterocycles. The van der Waals surface area contributed by atoms with Crippen molar-refractivity contribution < 1.29 is 14.3 Å². The molecule has 2 aliphatic rings. The van der Waals surface area contributed by atoms with E-state index in [0.29, 0.717) is 45.9 Å². The number of ether oxygens (including phenoxy) is 2. The maximum Gasteiger partial charge on any atom is 0.267 e. The van der Waals surface area contributed by atoms with Crippen LogP contribution in [0.15, 0.2) is 52.3 Å². The van der Waals surface area contributed by atoms with Gasteiger partial charge in [0, 0.05) is 19.3 Å². The highest BCUT2D eigenvalue weighted by atomic mass is 32.2. The lowest BCUT2D eigenvalue weighted by Crippen LogP contribution is -2.46. The van der Waals surface area contributed by atoms with Crippen molar-refractivity contribution >= 4 is 51.7 Å². The molecule has 1 aromatic carbocycles. The van der Waals surface area contributed by atoms with Gasteiger partial charge in [0.15, 0.2) is 0 Å². The van der Waals surface area contributed by atoms with E-state index in [1.165, 1.54) is 16.2 Å². The van der Waals surface area contributed by atoms with Crippen molar-refractivity contribution in [3.63, 3.8) is 0 Å². The average molecular weight is 537 g/mol. The van der Waals surface area contributed by atoms with Crippen molar-refractivity contribution in [2.24, 2.45) is 0 Å². The van der Waals surface area contributed by atoms with Gasteiger partial charge in [-0.25, -0.2) is 4.98 Å². The van der Waals surface area contributed by atoms with Crippen LogP contribution < -0.4 is 15.2 Å². The van der Waals surface area contributed by atoms with Gasteiger partial charge >= 0.3 is 0 Å². The summed E-state index contributed by atoms with van der Waals surface area (Å²) in [5.41, 5.74) is 2.56. The third-order valence-corrected chi connectivity index (χ3v) is 7.81. The summed E-state index contributed by atoms with van der Waals surface area (Å²) in [6.45, 7) is 7.47. The Morgan fingerprint density at radius 2 is 1.86 bits per heavy atom. The van der Waals surface area contributed by atoms with Crippen molar-refractivity contribution in [3.8, 4) is 5.75 Å². The molecule has 0 radical (unpaired) electrons. The molecule has 2 aromatic heterocycles. The van der Waals surface area contributed by atoms with Crippen LogP contribution in [0.3, 0.4) is 0 Å². The first-order chi connectivity index (χ1) is 17.7. The van der Waals surface area contributed by atoms with Crippen molar-refractivity contribution in [3.05, 3.63) is 74.5 Å². The molecule has 8 nitrogen and oxygen atoms in total. The number of amides is 1. The molecular formula is C27H28N4O4S2. The number of aryl methyl sites for hydroxylation is 1. The summed E-state index contributed by atoms with van der Waals surface area (Å²) in [4.78, 5) is 36.2. The van der Waals surface area contributed by atoms with E-state index in [0.717, 1.165) is 16.9 Å². The fourth-order valence-electron chi connectivity index (χ4n) is 4.70. The number of carbonyl (C=O) groups is 1. The highest BCUT2D eigenvalue weighted by Gasteiger charge is 2.34. The number of anilines is 1. The SMILES string of the molecule is COc1ccc(CN2C(=O)/C(=C\c3c(N4CC(C)OC(C)C4)nc4c(C)cccn4c3=O)SC2=S)cc1. The largest absolute Gasteiger partial charge is 0.497 e. The second kappa shape index (κ2) is 10.3. The fourth-order valence-corrected chi connectivity index (χ4v) is 5.94. The first-order valence-corrected chi connectivity index (χ1v) is 13.3. The summed E-state index contributed by atoms with van der Waals surface area (Å²) in [7, 11) is 1.61. The molecule has 0 saturated carbocycles. The molecule has 0 N–H and O–H groups in total. The standard InChI is InChI=1S/C27H28N4O4S2/c1-16-6-5-11-30-23(16)28-24(29-13-17(2)35-18(3)14-29)21(25(30)32)12-22-26(33)31(27(36)37-22)15-19-7-9-20(34-4)10-8-19/h5-12,17-18H,13-15H2,1-4H3/b22-12+. The van der Waals surface area contributed by atoms with Crippen LogP contribution in [-0.2, 0) is 16.1 Å². The topological polar surface area (TPSA) is 76.4 Å². The highest BCUT2D eigenvalue weighted by molar-refractivity contribution is 8.26. The van der Waals surface area contributed by atoms with Crippen molar-refractivity contribution in [1.82, 2.24) is 14.3 Å². The Hall–Kier alpha value is -3.21. The van der Waals surface area contributed by atoms with Crippen LogP contribution in [0.5, 0.6) is 5.75 Å². The first kappa shape index (κ1) is 25.4. The Balaban J connectivity index is 1.56. The Kier molecular flexibility index (Phi) is 7.06. The highest BCUT2D eigenvalue weighted by Crippen LogP contribution is 2.35. The Bertz CT molecular complexity index is 1460. The number of thioether (sulfide) groups is 1. The monoisotopic (exact) mass is 536 g/mol. The number of pyridine rings is 1. The van der Waals surface area contributed by atoms with E-state index in [2.05, 4.69) is 4.90 Å². The number of benzene rings is 1. The number of morpholine rings is 1. The summed E-state index contributed by atoms with van der Waals surface area (Å²) in [5, 5.41) is 0. The van der Waals surface area contributed by atoms with Gasteiger partial charge in [-0.05, 0) is 56.2 Å². The zero-order valence-corrected chi connectivity index (χ0v) is 22.8. The molecule has 192 valence electrons. The van der Waals surface area contributed by atoms with E-state index in [-0.39, 0.29) is 23.7 Å². The minimum atomic E-state index is -0.228. The van der Waals surface area contributed by atoms with Crippen LogP contribution >= 0.6 is 24.0 Å². The molecular weight excluding hydrogens is 508 g/mol. The lowest BCUT2D eigenvalue weighted by molar-refractivity contribution is -0.122. The number of hydrogen-bond donors (Lipinski definition) is 0. The van der Waals surface area contributed by atoms with Crippen molar-refractivity contribution in [2.45, 2.75) is 39.5 Å². The second-order valence-corrected chi connectivity index (χ2v) is 11.0. The number of methoxy groups -OCH3 is 1. The molecule has 1 amide bonds. The molecule has 0 bridgehead atoms. The molecule has 2 aliphatic heterocycles. The number of aromatic nitrogens is 2. The number of rotatable bonds is 5. The number of thiocarbonyl (C=S) groups is 1. The van der Waals surface area contributed by atoms with E-state index in [4.69, 9.17) is 26.7 Å². The predicted molar refractivity (Wildman–Crippen MR) is 150 cm³/mol. The smallest absolute Gasteiger partial charge is 0.267 e. The Morgan fingerprint density at radius 1 is 1.16 bits per heavy atom. The van der Waals surface area contributed by atoms with Gasteiger partial charge in [-0.2, -0.15) is 0 Å². The van der Waals surface area contributed by atoms with E-state index >= 15 is 0 Å². The van der Waals surface area contributed by atoms with Crippen LogP contribution in [0.25, 0.3) is 11.7 Å². The minimum absolute atomic E-state index is 0.0172. The van der Waals surface area contributed by atoms with Crippen LogP contribution in [-0.4, -0.2) is 56.9 Å². The van der Waals surface area contributed by atoms with Gasteiger partial charge in [-0.3, -0.25) is 18.9 Å².